The van der Waals surface area contributed by atoms with Gasteiger partial charge >= 0.3 is 5.97 Å². The Kier molecular flexibility index (Phi) is 7.01. The molecule has 0 saturated carbocycles. The molecular weight excluding hydrogens is 500 g/mol. The number of nitrogens with one attached hydrogen (secondary N) is 1. The van der Waals surface area contributed by atoms with Crippen molar-refractivity contribution in [3.8, 4) is 34.0 Å². The molecule has 194 valence electrons. The molecule has 1 heterocycles. The summed E-state index contributed by atoms with van der Waals surface area (Å²) < 4.78 is 35.2. The summed E-state index contributed by atoms with van der Waals surface area (Å²) in [7, 11) is 0. The average molecular weight is 524 g/mol. The van der Waals surface area contributed by atoms with E-state index in [1.54, 1.807) is 42.5 Å². The third-order valence-corrected chi connectivity index (χ3v) is 6.01. The summed E-state index contributed by atoms with van der Waals surface area (Å²) in [6, 6.07) is 26.0. The molecule has 39 heavy (non-hydrogen) atoms. The van der Waals surface area contributed by atoms with E-state index in [0.29, 0.717) is 28.2 Å². The van der Waals surface area contributed by atoms with Crippen LogP contribution in [0.1, 0.15) is 22.8 Å². The molecular formula is C31H23F2N3O3. The van der Waals surface area contributed by atoms with Crippen LogP contribution in [0.5, 0.6) is 5.88 Å². The minimum atomic E-state index is -0.620. The third-order valence-electron chi connectivity index (χ3n) is 6.01. The van der Waals surface area contributed by atoms with Gasteiger partial charge in [-0.05, 0) is 55.0 Å². The first-order chi connectivity index (χ1) is 18.8. The van der Waals surface area contributed by atoms with Gasteiger partial charge in [-0.15, -0.1) is 0 Å². The molecule has 1 aromatic heterocycles. The highest BCUT2D eigenvalue weighted by Crippen LogP contribution is 2.41. The lowest BCUT2D eigenvalue weighted by atomic mass is 10.00. The van der Waals surface area contributed by atoms with Crippen molar-refractivity contribution < 1.29 is 23.1 Å². The average Bonchev–Trinajstić information content (AvgIpc) is 3.28. The highest BCUT2D eigenvalue weighted by Gasteiger charge is 2.25. The Morgan fingerprint density at radius 2 is 1.54 bits per heavy atom. The van der Waals surface area contributed by atoms with Gasteiger partial charge in [0.25, 0.3) is 5.91 Å². The van der Waals surface area contributed by atoms with Crippen molar-refractivity contribution in [3.05, 3.63) is 120 Å². The predicted molar refractivity (Wildman–Crippen MR) is 145 cm³/mol. The molecule has 0 unspecified atom stereocenters. The van der Waals surface area contributed by atoms with Gasteiger partial charge in [0.05, 0.1) is 16.8 Å². The van der Waals surface area contributed by atoms with Gasteiger partial charge in [-0.3, -0.25) is 9.59 Å². The van der Waals surface area contributed by atoms with E-state index in [1.165, 1.54) is 41.9 Å². The van der Waals surface area contributed by atoms with Gasteiger partial charge in [0.15, 0.2) is 0 Å². The second-order valence-corrected chi connectivity index (χ2v) is 8.89. The summed E-state index contributed by atoms with van der Waals surface area (Å²) in [4.78, 5) is 24.7. The third kappa shape index (κ3) is 5.45. The summed E-state index contributed by atoms with van der Waals surface area (Å²) >= 11 is 0. The van der Waals surface area contributed by atoms with Crippen molar-refractivity contribution in [2.24, 2.45) is 0 Å². The highest BCUT2D eigenvalue weighted by molar-refractivity contribution is 6.04. The van der Waals surface area contributed by atoms with Gasteiger partial charge < -0.3 is 10.1 Å². The molecule has 0 aliphatic heterocycles. The molecule has 0 atom stereocenters. The second kappa shape index (κ2) is 10.7. The molecule has 1 N–H and O–H groups in total. The van der Waals surface area contributed by atoms with E-state index in [9.17, 15) is 18.4 Å². The van der Waals surface area contributed by atoms with E-state index < -0.39 is 23.5 Å². The van der Waals surface area contributed by atoms with Crippen LogP contribution in [0, 0.1) is 18.6 Å². The van der Waals surface area contributed by atoms with Crippen LogP contribution in [0.4, 0.5) is 14.5 Å². The fraction of sp³-hybridized carbons (Fsp3) is 0.0645. The maximum absolute atomic E-state index is 14.1. The first kappa shape index (κ1) is 25.5. The molecule has 0 fully saturated rings. The molecule has 4 aromatic carbocycles. The van der Waals surface area contributed by atoms with Crippen LogP contribution in [0.25, 0.3) is 28.1 Å². The number of aromatic nitrogens is 2. The van der Waals surface area contributed by atoms with Crippen molar-refractivity contribution >= 4 is 17.6 Å². The van der Waals surface area contributed by atoms with Crippen molar-refractivity contribution in [1.29, 1.82) is 0 Å². The molecule has 0 aliphatic carbocycles. The van der Waals surface area contributed by atoms with Crippen molar-refractivity contribution in [2.75, 3.05) is 5.32 Å². The van der Waals surface area contributed by atoms with E-state index in [0.717, 1.165) is 11.1 Å². The lowest BCUT2D eigenvalue weighted by Crippen LogP contribution is -2.13. The summed E-state index contributed by atoms with van der Waals surface area (Å²) in [5.74, 6) is -2.12. The number of esters is 1. The lowest BCUT2D eigenvalue weighted by Gasteiger charge is -2.11. The molecule has 1 amide bonds. The van der Waals surface area contributed by atoms with Crippen LogP contribution in [0.3, 0.4) is 0 Å². The van der Waals surface area contributed by atoms with Crippen LogP contribution in [-0.2, 0) is 4.79 Å². The zero-order valence-electron chi connectivity index (χ0n) is 21.1. The summed E-state index contributed by atoms with van der Waals surface area (Å²) in [5.41, 5.74) is 4.21. The van der Waals surface area contributed by atoms with Gasteiger partial charge in [0.2, 0.25) is 5.88 Å². The van der Waals surface area contributed by atoms with Gasteiger partial charge in [-0.2, -0.15) is 9.78 Å². The standard InChI is InChI=1S/C31H23F2N3O3/c1-19-10-12-22(13-11-19)29-28(31(39-20(2)37)36(35-29)25-7-5-6-23(32)18-25)21-14-16-24(17-15-21)34-30(38)26-8-3-4-9-27(26)33/h3-18H,1-2H3,(H,34,38). The molecule has 6 nitrogen and oxygen atoms in total. The first-order valence-corrected chi connectivity index (χ1v) is 12.1. The lowest BCUT2D eigenvalue weighted by molar-refractivity contribution is -0.132. The molecule has 0 aliphatic rings. The van der Waals surface area contributed by atoms with E-state index in [-0.39, 0.29) is 11.4 Å². The Morgan fingerprint density at radius 1 is 0.846 bits per heavy atom. The summed E-state index contributed by atoms with van der Waals surface area (Å²) in [6.07, 6.45) is 0. The molecule has 5 rings (SSSR count). The molecule has 8 heteroatoms. The normalized spacial score (nSPS) is 10.8. The topological polar surface area (TPSA) is 73.2 Å². The second-order valence-electron chi connectivity index (χ2n) is 8.89. The Bertz CT molecular complexity index is 1680. The first-order valence-electron chi connectivity index (χ1n) is 12.1. The van der Waals surface area contributed by atoms with E-state index in [2.05, 4.69) is 5.32 Å². The molecule has 5 aromatic rings. The maximum Gasteiger partial charge on any atom is 0.309 e. The number of anilines is 1. The molecule has 0 spiro atoms. The minimum absolute atomic E-state index is 0.0725. The van der Waals surface area contributed by atoms with Crippen molar-refractivity contribution in [1.82, 2.24) is 9.78 Å². The molecule has 0 radical (unpaired) electrons. The Morgan fingerprint density at radius 3 is 2.21 bits per heavy atom. The number of aryl methyl sites for hydroxylation is 1. The SMILES string of the molecule is CC(=O)Oc1c(-c2ccc(NC(=O)c3ccccc3F)cc2)c(-c2ccc(C)cc2)nn1-c1cccc(F)c1. The number of hydrogen-bond donors (Lipinski definition) is 1. The summed E-state index contributed by atoms with van der Waals surface area (Å²) in [5, 5.41) is 7.42. The number of nitrogens with zero attached hydrogens (tertiary/aromatic N) is 2. The van der Waals surface area contributed by atoms with Crippen LogP contribution >= 0.6 is 0 Å². The quantitative estimate of drug-likeness (QED) is 0.244. The van der Waals surface area contributed by atoms with Crippen LogP contribution < -0.4 is 10.1 Å². The number of amides is 1. The Hall–Kier alpha value is -5.11. The Balaban J connectivity index is 1.62. The van der Waals surface area contributed by atoms with Gasteiger partial charge in [-0.1, -0.05) is 60.2 Å². The minimum Gasteiger partial charge on any atom is -0.407 e. The fourth-order valence-corrected chi connectivity index (χ4v) is 4.15. The predicted octanol–water partition coefficient (Wildman–Crippen LogP) is 6.97. The number of hydrogen-bond acceptors (Lipinski definition) is 4. The highest BCUT2D eigenvalue weighted by atomic mass is 19.1. The maximum atomic E-state index is 14.1. The smallest absolute Gasteiger partial charge is 0.309 e. The van der Waals surface area contributed by atoms with Crippen molar-refractivity contribution in [2.45, 2.75) is 13.8 Å². The number of carbonyl (C=O) groups excluding carboxylic acids is 2. The number of ether oxygens (including phenoxy) is 1. The molecule has 0 bridgehead atoms. The molecule has 0 saturated heterocycles. The summed E-state index contributed by atoms with van der Waals surface area (Å²) in [6.45, 7) is 3.24. The number of carbonyl (C=O) groups is 2. The number of rotatable bonds is 6. The Labute approximate surface area is 223 Å². The van der Waals surface area contributed by atoms with Crippen LogP contribution in [-0.4, -0.2) is 21.7 Å². The monoisotopic (exact) mass is 523 g/mol. The van der Waals surface area contributed by atoms with Crippen molar-refractivity contribution in [3.63, 3.8) is 0 Å². The van der Waals surface area contributed by atoms with Gasteiger partial charge in [0.1, 0.15) is 17.3 Å². The number of halogens is 2. The van der Waals surface area contributed by atoms with E-state index in [4.69, 9.17) is 9.84 Å². The van der Waals surface area contributed by atoms with E-state index >= 15 is 0 Å². The van der Waals surface area contributed by atoms with Crippen LogP contribution in [0.15, 0.2) is 97.1 Å². The number of benzene rings is 4. The largest absolute Gasteiger partial charge is 0.407 e. The van der Waals surface area contributed by atoms with Gasteiger partial charge in [-0.25, -0.2) is 8.78 Å². The van der Waals surface area contributed by atoms with Gasteiger partial charge in [0, 0.05) is 18.2 Å². The van der Waals surface area contributed by atoms with Crippen LogP contribution in [0.2, 0.25) is 0 Å². The fourth-order valence-electron chi connectivity index (χ4n) is 4.15. The zero-order chi connectivity index (χ0) is 27.5. The zero-order valence-corrected chi connectivity index (χ0v) is 21.1. The van der Waals surface area contributed by atoms with E-state index in [1.807, 2.05) is 31.2 Å².